The minimum absolute atomic E-state index is 0.259. The van der Waals surface area contributed by atoms with Crippen molar-refractivity contribution >= 4 is 11.2 Å². The van der Waals surface area contributed by atoms with Gasteiger partial charge in [-0.2, -0.15) is 0 Å². The molecule has 2 aromatic rings. The highest BCUT2D eigenvalue weighted by atomic mass is 16.6. The Balaban J connectivity index is 2.10. The highest BCUT2D eigenvalue weighted by Crippen LogP contribution is 2.33. The summed E-state index contributed by atoms with van der Waals surface area (Å²) in [6, 6.07) is 2.93. The molecular formula is C10H10N4O4. The maximum atomic E-state index is 12.0. The number of aromatic nitrogens is 4. The van der Waals surface area contributed by atoms with Gasteiger partial charge in [-0.05, 0) is 6.07 Å². The third-order valence-corrected chi connectivity index (χ3v) is 3.53. The van der Waals surface area contributed by atoms with Gasteiger partial charge in [-0.25, -0.2) is 4.68 Å². The van der Waals surface area contributed by atoms with Gasteiger partial charge < -0.3 is 14.9 Å². The van der Waals surface area contributed by atoms with Crippen molar-refractivity contribution in [2.75, 3.05) is 0 Å². The summed E-state index contributed by atoms with van der Waals surface area (Å²) < 4.78 is 8.36. The lowest BCUT2D eigenvalue weighted by Gasteiger charge is -2.19. The van der Waals surface area contributed by atoms with Gasteiger partial charge in [0.15, 0.2) is 11.9 Å². The molecule has 0 aliphatic carbocycles. The van der Waals surface area contributed by atoms with E-state index >= 15 is 0 Å². The highest BCUT2D eigenvalue weighted by Gasteiger charge is 2.47. The molecule has 2 bridgehead atoms. The standard InChI is InChI=1S/C10H10N4O4/c15-6-2-1-4-9-13(12-11-4)3-5-7(16)8(17)10(18-5)14(6)9/h1-2,5,7-8,10,16-17H,3H2/t5-,7+,8?,10-/m0/s1. The van der Waals surface area contributed by atoms with Crippen molar-refractivity contribution in [3.8, 4) is 0 Å². The number of fused-ring (bicyclic) bond motifs is 3. The summed E-state index contributed by atoms with van der Waals surface area (Å²) in [4.78, 5) is 12.0. The Morgan fingerprint density at radius 3 is 3.00 bits per heavy atom. The van der Waals surface area contributed by atoms with Gasteiger partial charge in [0, 0.05) is 6.07 Å². The Labute approximate surface area is 100 Å². The molecule has 4 rings (SSSR count). The number of aliphatic hydroxyl groups excluding tert-OH is 2. The summed E-state index contributed by atoms with van der Waals surface area (Å²) in [5, 5.41) is 27.7. The van der Waals surface area contributed by atoms with Gasteiger partial charge >= 0.3 is 0 Å². The molecule has 1 fully saturated rings. The van der Waals surface area contributed by atoms with Crippen LogP contribution in [0, 0.1) is 0 Å². The Morgan fingerprint density at radius 2 is 2.17 bits per heavy atom. The Kier molecular flexibility index (Phi) is 1.79. The van der Waals surface area contributed by atoms with Crippen molar-refractivity contribution in [3.63, 3.8) is 0 Å². The summed E-state index contributed by atoms with van der Waals surface area (Å²) in [6.07, 6.45) is -3.63. The molecule has 2 N–H and O–H groups in total. The lowest BCUT2D eigenvalue weighted by Crippen LogP contribution is -2.38. The van der Waals surface area contributed by atoms with Crippen LogP contribution in [0.4, 0.5) is 0 Å². The van der Waals surface area contributed by atoms with Gasteiger partial charge in [0.25, 0.3) is 5.56 Å². The zero-order valence-corrected chi connectivity index (χ0v) is 9.17. The van der Waals surface area contributed by atoms with Crippen LogP contribution in [0.2, 0.25) is 0 Å². The van der Waals surface area contributed by atoms with Gasteiger partial charge in [0.05, 0.1) is 6.54 Å². The van der Waals surface area contributed by atoms with Crippen molar-refractivity contribution in [1.29, 1.82) is 0 Å². The fourth-order valence-corrected chi connectivity index (χ4v) is 2.64. The van der Waals surface area contributed by atoms with E-state index in [9.17, 15) is 15.0 Å². The van der Waals surface area contributed by atoms with Crippen LogP contribution in [-0.2, 0) is 11.3 Å². The zero-order chi connectivity index (χ0) is 12.4. The molecule has 1 unspecified atom stereocenters. The average Bonchev–Trinajstić information content (AvgIpc) is 2.80. The molecule has 4 atom stereocenters. The van der Waals surface area contributed by atoms with E-state index in [-0.39, 0.29) is 12.1 Å². The normalized spacial score (nSPS) is 33.9. The summed E-state index contributed by atoms with van der Waals surface area (Å²) in [5.74, 6) is 0. The first-order valence-electron chi connectivity index (χ1n) is 5.63. The molecule has 0 amide bonds. The summed E-state index contributed by atoms with van der Waals surface area (Å²) in [6.45, 7) is 0.259. The van der Waals surface area contributed by atoms with Crippen LogP contribution in [0.15, 0.2) is 16.9 Å². The number of hydrogen-bond donors (Lipinski definition) is 2. The van der Waals surface area contributed by atoms with Crippen molar-refractivity contribution in [1.82, 2.24) is 19.6 Å². The second-order valence-corrected chi connectivity index (χ2v) is 4.57. The van der Waals surface area contributed by atoms with E-state index < -0.39 is 24.5 Å². The van der Waals surface area contributed by atoms with Gasteiger partial charge in [-0.1, -0.05) is 5.21 Å². The first kappa shape index (κ1) is 10.2. The largest absolute Gasteiger partial charge is 0.387 e. The van der Waals surface area contributed by atoms with Crippen LogP contribution < -0.4 is 5.56 Å². The van der Waals surface area contributed by atoms with E-state index in [1.54, 1.807) is 6.07 Å². The summed E-state index contributed by atoms with van der Waals surface area (Å²) >= 11 is 0. The predicted molar refractivity (Wildman–Crippen MR) is 57.7 cm³/mol. The van der Waals surface area contributed by atoms with E-state index in [2.05, 4.69) is 10.3 Å². The van der Waals surface area contributed by atoms with Crippen LogP contribution in [0.3, 0.4) is 0 Å². The lowest BCUT2D eigenvalue weighted by molar-refractivity contribution is -0.0351. The van der Waals surface area contributed by atoms with Crippen molar-refractivity contribution < 1.29 is 14.9 Å². The molecule has 94 valence electrons. The van der Waals surface area contributed by atoms with Gasteiger partial charge in [0.2, 0.25) is 0 Å². The van der Waals surface area contributed by atoms with Crippen LogP contribution in [-0.4, -0.2) is 48.1 Å². The maximum Gasteiger partial charge on any atom is 0.254 e. The second kappa shape index (κ2) is 3.16. The minimum Gasteiger partial charge on any atom is -0.387 e. The average molecular weight is 250 g/mol. The number of nitrogens with zero attached hydrogens (tertiary/aromatic N) is 4. The third-order valence-electron chi connectivity index (χ3n) is 3.53. The van der Waals surface area contributed by atoms with Crippen LogP contribution in [0.25, 0.3) is 11.2 Å². The van der Waals surface area contributed by atoms with Crippen molar-refractivity contribution in [2.45, 2.75) is 31.1 Å². The second-order valence-electron chi connectivity index (χ2n) is 4.57. The third kappa shape index (κ3) is 1.07. The molecule has 2 aliphatic heterocycles. The molecule has 8 heteroatoms. The molecule has 1 saturated heterocycles. The van der Waals surface area contributed by atoms with Crippen molar-refractivity contribution in [3.05, 3.63) is 22.5 Å². The fraction of sp³-hybridized carbons (Fsp3) is 0.500. The van der Waals surface area contributed by atoms with Gasteiger partial charge in [-0.3, -0.25) is 9.36 Å². The van der Waals surface area contributed by atoms with Crippen LogP contribution >= 0.6 is 0 Å². The van der Waals surface area contributed by atoms with Crippen LogP contribution in [0.1, 0.15) is 6.23 Å². The molecule has 0 saturated carbocycles. The molecule has 0 spiro atoms. The number of hydrogen-bond acceptors (Lipinski definition) is 6. The van der Waals surface area contributed by atoms with Crippen molar-refractivity contribution in [2.24, 2.45) is 0 Å². The Hall–Kier alpha value is -1.77. The smallest absolute Gasteiger partial charge is 0.254 e. The van der Waals surface area contributed by atoms with Crippen LogP contribution in [0.5, 0.6) is 0 Å². The van der Waals surface area contributed by atoms with E-state index in [0.29, 0.717) is 11.2 Å². The first-order valence-corrected chi connectivity index (χ1v) is 5.63. The predicted octanol–water partition coefficient (Wildman–Crippen LogP) is -1.77. The fourth-order valence-electron chi connectivity index (χ4n) is 2.64. The maximum absolute atomic E-state index is 12.0. The highest BCUT2D eigenvalue weighted by molar-refractivity contribution is 5.70. The first-order chi connectivity index (χ1) is 8.66. The molecule has 2 aliphatic rings. The van der Waals surface area contributed by atoms with E-state index in [0.717, 1.165) is 0 Å². The Bertz CT molecular complexity index is 693. The quantitative estimate of drug-likeness (QED) is 0.573. The summed E-state index contributed by atoms with van der Waals surface area (Å²) in [5.41, 5.74) is 0.762. The molecule has 4 heterocycles. The molecule has 8 nitrogen and oxygen atoms in total. The zero-order valence-electron chi connectivity index (χ0n) is 9.17. The van der Waals surface area contributed by atoms with E-state index in [1.165, 1.54) is 15.3 Å². The minimum atomic E-state index is -1.12. The van der Waals surface area contributed by atoms with Gasteiger partial charge in [-0.15, -0.1) is 5.10 Å². The monoisotopic (exact) mass is 250 g/mol. The molecule has 2 aromatic heterocycles. The van der Waals surface area contributed by atoms with Gasteiger partial charge in [0.1, 0.15) is 23.8 Å². The summed E-state index contributed by atoms with van der Waals surface area (Å²) in [7, 11) is 0. The number of pyridine rings is 1. The molecule has 0 aromatic carbocycles. The molecule has 18 heavy (non-hydrogen) atoms. The molecule has 0 radical (unpaired) electrons. The van der Waals surface area contributed by atoms with E-state index in [1.807, 2.05) is 0 Å². The Morgan fingerprint density at radius 1 is 1.33 bits per heavy atom. The lowest BCUT2D eigenvalue weighted by atomic mass is 10.1. The SMILES string of the molecule is O=c1ccc2nnn3c2n1[C@H]1O[C@@H](C3)[C@@H](O)C1O. The number of aliphatic hydroxyl groups is 2. The number of rotatable bonds is 0. The topological polar surface area (TPSA) is 102 Å². The van der Waals surface area contributed by atoms with E-state index in [4.69, 9.17) is 4.74 Å². The number of ether oxygens (including phenoxy) is 1. The molecular weight excluding hydrogens is 240 g/mol.